The van der Waals surface area contributed by atoms with Crippen molar-refractivity contribution in [3.8, 4) is 0 Å². The predicted molar refractivity (Wildman–Crippen MR) is 65.3 cm³/mol. The highest BCUT2D eigenvalue weighted by molar-refractivity contribution is 5.80. The molecule has 0 fully saturated rings. The van der Waals surface area contributed by atoms with Crippen molar-refractivity contribution >= 4 is 11.7 Å². The first-order valence-corrected chi connectivity index (χ1v) is 6.11. The van der Waals surface area contributed by atoms with Crippen LogP contribution in [0.3, 0.4) is 0 Å². The molecule has 0 aliphatic rings. The van der Waals surface area contributed by atoms with Crippen LogP contribution in [-0.2, 0) is 9.59 Å². The Hall–Kier alpha value is -0.900. The third-order valence-electron chi connectivity index (χ3n) is 2.58. The van der Waals surface area contributed by atoms with Gasteiger partial charge in [0, 0.05) is 38.4 Å². The number of hydrogen-bond acceptors (Lipinski definition) is 3. The average Bonchev–Trinajstić information content (AvgIpc) is 2.28. The van der Waals surface area contributed by atoms with Gasteiger partial charge in [-0.15, -0.1) is 0 Å². The minimum Gasteiger partial charge on any atom is -0.356 e. The second-order valence-corrected chi connectivity index (χ2v) is 4.01. The van der Waals surface area contributed by atoms with Crippen LogP contribution >= 0.6 is 0 Å². The van der Waals surface area contributed by atoms with Gasteiger partial charge in [0.2, 0.25) is 5.91 Å². The van der Waals surface area contributed by atoms with E-state index < -0.39 is 0 Å². The van der Waals surface area contributed by atoms with Gasteiger partial charge in [0.15, 0.2) is 0 Å². The highest BCUT2D eigenvalue weighted by Crippen LogP contribution is 1.89. The molecule has 1 amide bonds. The van der Waals surface area contributed by atoms with Crippen LogP contribution in [0.2, 0.25) is 0 Å². The maximum Gasteiger partial charge on any atom is 0.221 e. The molecule has 0 aromatic carbocycles. The Morgan fingerprint density at radius 1 is 1.12 bits per heavy atom. The summed E-state index contributed by atoms with van der Waals surface area (Å²) in [7, 11) is 0. The number of ketones is 1. The summed E-state index contributed by atoms with van der Waals surface area (Å²) >= 11 is 0. The zero-order valence-electron chi connectivity index (χ0n) is 10.6. The van der Waals surface area contributed by atoms with Crippen LogP contribution in [0.15, 0.2) is 0 Å². The van der Waals surface area contributed by atoms with Crippen LogP contribution in [0.25, 0.3) is 0 Å². The Labute approximate surface area is 98.2 Å². The number of carbonyl (C=O) groups is 2. The summed E-state index contributed by atoms with van der Waals surface area (Å²) in [6, 6.07) is 0.453. The first kappa shape index (κ1) is 15.1. The van der Waals surface area contributed by atoms with Gasteiger partial charge in [0.1, 0.15) is 5.78 Å². The molecule has 0 bridgehead atoms. The van der Waals surface area contributed by atoms with Crippen LogP contribution in [0.5, 0.6) is 0 Å². The van der Waals surface area contributed by atoms with Gasteiger partial charge in [-0.25, -0.2) is 0 Å². The fraction of sp³-hybridized carbons (Fsp3) is 0.833. The van der Waals surface area contributed by atoms with Gasteiger partial charge in [0.05, 0.1) is 0 Å². The van der Waals surface area contributed by atoms with Crippen LogP contribution in [0.4, 0.5) is 0 Å². The molecule has 0 heterocycles. The maximum atomic E-state index is 11.3. The highest BCUT2D eigenvalue weighted by Gasteiger charge is 2.03. The predicted octanol–water partition coefficient (Wildman–Crippen LogP) is 1.25. The van der Waals surface area contributed by atoms with Gasteiger partial charge in [-0.05, 0) is 13.3 Å². The summed E-state index contributed by atoms with van der Waals surface area (Å²) in [6.07, 6.45) is 2.53. The molecule has 0 aliphatic heterocycles. The van der Waals surface area contributed by atoms with E-state index in [9.17, 15) is 9.59 Å². The van der Waals surface area contributed by atoms with Gasteiger partial charge in [-0.3, -0.25) is 9.59 Å². The van der Waals surface area contributed by atoms with Crippen molar-refractivity contribution in [3.05, 3.63) is 0 Å². The molecule has 4 heteroatoms. The SMILES string of the molecule is CCC(=O)CCNC(=O)CCNC(C)CC. The fourth-order valence-electron chi connectivity index (χ4n) is 1.18. The highest BCUT2D eigenvalue weighted by atomic mass is 16.1. The first-order chi connectivity index (χ1) is 7.60. The van der Waals surface area contributed by atoms with E-state index in [0.717, 1.165) is 6.42 Å². The monoisotopic (exact) mass is 228 g/mol. The Bertz CT molecular complexity index is 217. The molecule has 2 N–H and O–H groups in total. The largest absolute Gasteiger partial charge is 0.356 e. The number of carbonyl (C=O) groups excluding carboxylic acids is 2. The molecule has 0 radical (unpaired) electrons. The van der Waals surface area contributed by atoms with Crippen molar-refractivity contribution in [1.29, 1.82) is 0 Å². The molecular formula is C12H24N2O2. The molecule has 1 atom stereocenters. The Morgan fingerprint density at radius 2 is 1.81 bits per heavy atom. The van der Waals surface area contributed by atoms with Crippen LogP contribution in [-0.4, -0.2) is 30.8 Å². The molecule has 0 spiro atoms. The Morgan fingerprint density at radius 3 is 2.38 bits per heavy atom. The van der Waals surface area contributed by atoms with E-state index in [0.29, 0.717) is 38.4 Å². The standard InChI is InChI=1S/C12H24N2O2/c1-4-10(3)13-9-7-12(16)14-8-6-11(15)5-2/h10,13H,4-9H2,1-3H3,(H,14,16). The van der Waals surface area contributed by atoms with E-state index in [1.165, 1.54) is 0 Å². The van der Waals surface area contributed by atoms with Crippen LogP contribution in [0, 0.1) is 0 Å². The Kier molecular flexibility index (Phi) is 8.81. The average molecular weight is 228 g/mol. The molecule has 94 valence electrons. The summed E-state index contributed by atoms with van der Waals surface area (Å²) in [5.74, 6) is 0.206. The lowest BCUT2D eigenvalue weighted by Crippen LogP contribution is -2.32. The third-order valence-corrected chi connectivity index (χ3v) is 2.58. The number of rotatable bonds is 9. The van der Waals surface area contributed by atoms with E-state index >= 15 is 0 Å². The molecule has 0 rings (SSSR count). The summed E-state index contributed by atoms with van der Waals surface area (Å²) < 4.78 is 0. The second-order valence-electron chi connectivity index (χ2n) is 4.01. The van der Waals surface area contributed by atoms with Crippen molar-refractivity contribution in [2.24, 2.45) is 0 Å². The molecule has 0 aromatic rings. The number of hydrogen-bond donors (Lipinski definition) is 2. The zero-order valence-corrected chi connectivity index (χ0v) is 10.6. The molecule has 0 aromatic heterocycles. The van der Waals surface area contributed by atoms with E-state index in [1.807, 2.05) is 6.92 Å². The molecular weight excluding hydrogens is 204 g/mol. The van der Waals surface area contributed by atoms with Crippen LogP contribution < -0.4 is 10.6 Å². The van der Waals surface area contributed by atoms with Gasteiger partial charge in [-0.2, -0.15) is 0 Å². The summed E-state index contributed by atoms with van der Waals surface area (Å²) in [6.45, 7) is 7.20. The molecule has 0 saturated carbocycles. The van der Waals surface area contributed by atoms with Gasteiger partial charge >= 0.3 is 0 Å². The topological polar surface area (TPSA) is 58.2 Å². The normalized spacial score (nSPS) is 12.2. The van der Waals surface area contributed by atoms with E-state index in [-0.39, 0.29) is 11.7 Å². The minimum atomic E-state index is 0.0136. The Balaban J connectivity index is 3.41. The van der Waals surface area contributed by atoms with E-state index in [1.54, 1.807) is 0 Å². The van der Waals surface area contributed by atoms with Crippen LogP contribution in [0.1, 0.15) is 46.5 Å². The van der Waals surface area contributed by atoms with Crippen molar-refractivity contribution in [3.63, 3.8) is 0 Å². The minimum absolute atomic E-state index is 0.0136. The summed E-state index contributed by atoms with van der Waals surface area (Å²) in [5.41, 5.74) is 0. The first-order valence-electron chi connectivity index (χ1n) is 6.11. The van der Waals surface area contributed by atoms with Crippen molar-refractivity contribution in [2.45, 2.75) is 52.5 Å². The lowest BCUT2D eigenvalue weighted by atomic mass is 10.2. The molecule has 16 heavy (non-hydrogen) atoms. The molecule has 0 saturated heterocycles. The maximum absolute atomic E-state index is 11.3. The summed E-state index contributed by atoms with van der Waals surface area (Å²) in [5, 5.41) is 5.99. The van der Waals surface area contributed by atoms with Gasteiger partial charge in [-0.1, -0.05) is 13.8 Å². The third kappa shape index (κ3) is 8.41. The smallest absolute Gasteiger partial charge is 0.221 e. The lowest BCUT2D eigenvalue weighted by Gasteiger charge is -2.10. The summed E-state index contributed by atoms with van der Waals surface area (Å²) in [4.78, 5) is 22.3. The van der Waals surface area contributed by atoms with Gasteiger partial charge in [0.25, 0.3) is 0 Å². The molecule has 0 aliphatic carbocycles. The van der Waals surface area contributed by atoms with E-state index in [2.05, 4.69) is 24.5 Å². The zero-order chi connectivity index (χ0) is 12.4. The quantitative estimate of drug-likeness (QED) is 0.624. The van der Waals surface area contributed by atoms with Gasteiger partial charge < -0.3 is 10.6 Å². The number of amides is 1. The number of Topliss-reactive ketones (excluding diaryl/α,β-unsaturated/α-hetero) is 1. The molecule has 1 unspecified atom stereocenters. The second kappa shape index (κ2) is 9.33. The van der Waals surface area contributed by atoms with Crippen molar-refractivity contribution in [2.75, 3.05) is 13.1 Å². The van der Waals surface area contributed by atoms with Crippen molar-refractivity contribution < 1.29 is 9.59 Å². The lowest BCUT2D eigenvalue weighted by molar-refractivity contribution is -0.121. The molecule has 4 nitrogen and oxygen atoms in total. The van der Waals surface area contributed by atoms with Crippen molar-refractivity contribution in [1.82, 2.24) is 10.6 Å². The van der Waals surface area contributed by atoms with E-state index in [4.69, 9.17) is 0 Å². The number of nitrogens with one attached hydrogen (secondary N) is 2. The fourth-order valence-corrected chi connectivity index (χ4v) is 1.18.